The summed E-state index contributed by atoms with van der Waals surface area (Å²) in [6.07, 6.45) is 0.891. The third kappa shape index (κ3) is 6.05. The van der Waals surface area contributed by atoms with Gasteiger partial charge in [-0.25, -0.2) is 22.7 Å². The van der Waals surface area contributed by atoms with Crippen molar-refractivity contribution in [3.63, 3.8) is 0 Å². The second kappa shape index (κ2) is 10.8. The number of phenols is 1. The van der Waals surface area contributed by atoms with Crippen LogP contribution >= 0.6 is 0 Å². The number of anilines is 3. The third-order valence-corrected chi connectivity index (χ3v) is 8.40. The van der Waals surface area contributed by atoms with E-state index in [4.69, 9.17) is 4.74 Å². The molecule has 0 saturated carbocycles. The van der Waals surface area contributed by atoms with Crippen LogP contribution in [-0.2, 0) is 32.4 Å². The summed E-state index contributed by atoms with van der Waals surface area (Å²) in [5.74, 6) is 0.223. The summed E-state index contributed by atoms with van der Waals surface area (Å²) in [5, 5.41) is 12.4. The van der Waals surface area contributed by atoms with Crippen molar-refractivity contribution in [1.82, 2.24) is 14.3 Å². The second-order valence-electron chi connectivity index (χ2n) is 8.11. The number of aromatic nitrogens is 2. The Morgan fingerprint density at radius 1 is 1.14 bits per heavy atom. The molecule has 3 N–H and O–H groups in total. The molecule has 1 aromatic heterocycles. The Morgan fingerprint density at radius 3 is 2.43 bits per heavy atom. The van der Waals surface area contributed by atoms with Crippen LogP contribution in [0, 0.1) is 0 Å². The molecule has 2 aromatic carbocycles. The number of hydrogen-bond acceptors (Lipinski definition) is 9. The number of rotatable bonds is 9. The first-order chi connectivity index (χ1) is 16.8. The fourth-order valence-corrected chi connectivity index (χ4v) is 5.83. The zero-order valence-electron chi connectivity index (χ0n) is 19.0. The number of hydrogen-bond donors (Lipinski definition) is 3. The molecular weight excluding hydrogens is 494 g/mol. The summed E-state index contributed by atoms with van der Waals surface area (Å²) in [6.45, 7) is 0.708. The molecule has 0 bridgehead atoms. The number of fused-ring (bicyclic) bond motifs is 1. The number of ether oxygens (including phenoxy) is 1. The second-order valence-corrected chi connectivity index (χ2v) is 11.0. The van der Waals surface area contributed by atoms with E-state index in [-0.39, 0.29) is 43.3 Å². The van der Waals surface area contributed by atoms with Crippen molar-refractivity contribution in [2.75, 3.05) is 36.8 Å². The average molecular weight is 521 g/mol. The Labute approximate surface area is 206 Å². The van der Waals surface area contributed by atoms with E-state index in [2.05, 4.69) is 20.0 Å². The topological polar surface area (TPSA) is 157 Å². The van der Waals surface area contributed by atoms with Gasteiger partial charge in [0.1, 0.15) is 5.75 Å². The van der Waals surface area contributed by atoms with E-state index in [1.165, 1.54) is 10.4 Å². The smallest absolute Gasteiger partial charge is 0.236 e. The largest absolute Gasteiger partial charge is 0.760 e. The fourth-order valence-electron chi connectivity index (χ4n) is 3.91. The minimum atomic E-state index is -3.89. The van der Waals surface area contributed by atoms with E-state index in [9.17, 15) is 22.3 Å². The third-order valence-electron chi connectivity index (χ3n) is 5.78. The maximum absolute atomic E-state index is 13.2. The van der Waals surface area contributed by atoms with Gasteiger partial charge < -0.3 is 19.7 Å². The molecular formula is C22H26N5O6S2-. The number of aromatic hydroxyl groups is 1. The minimum absolute atomic E-state index is 0.0135. The van der Waals surface area contributed by atoms with E-state index in [1.807, 2.05) is 0 Å². The monoisotopic (exact) mass is 520 g/mol. The van der Waals surface area contributed by atoms with Crippen LogP contribution in [0.5, 0.6) is 5.75 Å². The van der Waals surface area contributed by atoms with Gasteiger partial charge in [-0.3, -0.25) is 8.93 Å². The lowest BCUT2D eigenvalue weighted by molar-refractivity contribution is 0.202. The number of piperidine rings is 1. The standard InChI is InChI=1S/C22H27N5O6S2/c1-33-13-10-15-6-7-16(28)14-20(15)25-21-22(24-19-5-3-2-4-18(19)23-21)26-35(31,32)17-8-11-27(12-9-17)34(29)30/h2-7,14,17,28H,8-13H2,1H3,(H,23,25)(H,24,26)(H,29,30)/p-1. The quantitative estimate of drug-likeness (QED) is 0.360. The zero-order valence-corrected chi connectivity index (χ0v) is 20.6. The normalized spacial score (nSPS) is 16.3. The first-order valence-corrected chi connectivity index (χ1v) is 13.6. The van der Waals surface area contributed by atoms with E-state index >= 15 is 0 Å². The highest BCUT2D eigenvalue weighted by atomic mass is 32.2. The lowest BCUT2D eigenvalue weighted by Gasteiger charge is -2.32. The van der Waals surface area contributed by atoms with Gasteiger partial charge in [0.05, 0.1) is 22.9 Å². The number of nitrogens with one attached hydrogen (secondary N) is 2. The molecule has 11 nitrogen and oxygen atoms in total. The number of benzene rings is 2. The lowest BCUT2D eigenvalue weighted by Crippen LogP contribution is -2.41. The fraction of sp³-hybridized carbons (Fsp3) is 0.364. The maximum atomic E-state index is 13.2. The predicted octanol–water partition coefficient (Wildman–Crippen LogP) is 2.27. The molecule has 1 fully saturated rings. The van der Waals surface area contributed by atoms with Gasteiger partial charge in [-0.1, -0.05) is 18.2 Å². The van der Waals surface area contributed by atoms with Gasteiger partial charge >= 0.3 is 0 Å². The number of para-hydroxylation sites is 2. The molecule has 0 spiro atoms. The average Bonchev–Trinajstić information content (AvgIpc) is 2.84. The summed E-state index contributed by atoms with van der Waals surface area (Å²) in [5.41, 5.74) is 2.44. The van der Waals surface area contributed by atoms with Crippen molar-refractivity contribution >= 4 is 49.6 Å². The molecule has 2 heterocycles. The number of methoxy groups -OCH3 is 1. The van der Waals surface area contributed by atoms with Crippen LogP contribution in [-0.4, -0.2) is 68.6 Å². The van der Waals surface area contributed by atoms with E-state index in [1.54, 1.807) is 43.5 Å². The van der Waals surface area contributed by atoms with Gasteiger partial charge in [0.2, 0.25) is 10.0 Å². The van der Waals surface area contributed by atoms with Crippen LogP contribution < -0.4 is 10.0 Å². The Balaban J connectivity index is 1.67. The molecule has 1 atom stereocenters. The van der Waals surface area contributed by atoms with Gasteiger partial charge in [0.15, 0.2) is 11.6 Å². The van der Waals surface area contributed by atoms with Crippen molar-refractivity contribution in [1.29, 1.82) is 0 Å². The van der Waals surface area contributed by atoms with E-state index in [0.717, 1.165) is 5.56 Å². The van der Waals surface area contributed by atoms with Gasteiger partial charge in [0.25, 0.3) is 0 Å². The van der Waals surface area contributed by atoms with E-state index in [0.29, 0.717) is 29.7 Å². The molecule has 1 unspecified atom stereocenters. The molecule has 4 rings (SSSR count). The van der Waals surface area contributed by atoms with Crippen molar-refractivity contribution in [2.24, 2.45) is 0 Å². The maximum Gasteiger partial charge on any atom is 0.236 e. The minimum Gasteiger partial charge on any atom is -0.760 e. The first kappa shape index (κ1) is 25.3. The molecule has 188 valence electrons. The van der Waals surface area contributed by atoms with Crippen LogP contribution in [0.25, 0.3) is 11.0 Å². The Bertz CT molecular complexity index is 1330. The number of sulfonamides is 1. The molecule has 0 aliphatic carbocycles. The highest BCUT2D eigenvalue weighted by Crippen LogP contribution is 2.31. The Morgan fingerprint density at radius 2 is 1.80 bits per heavy atom. The highest BCUT2D eigenvalue weighted by Gasteiger charge is 2.31. The van der Waals surface area contributed by atoms with Crippen LogP contribution in [0.15, 0.2) is 42.5 Å². The molecule has 0 radical (unpaired) electrons. The van der Waals surface area contributed by atoms with Crippen molar-refractivity contribution in [3.05, 3.63) is 48.0 Å². The van der Waals surface area contributed by atoms with Crippen molar-refractivity contribution < 1.29 is 27.0 Å². The van der Waals surface area contributed by atoms with Crippen molar-refractivity contribution in [2.45, 2.75) is 24.5 Å². The lowest BCUT2D eigenvalue weighted by atomic mass is 10.1. The Kier molecular flexibility index (Phi) is 7.82. The SMILES string of the molecule is COCCc1ccc(O)cc1Nc1nc2ccccc2nc1NS(=O)(=O)C1CCN(S(=O)[O-])CC1. The Hall–Kier alpha value is -2.84. The zero-order chi connectivity index (χ0) is 25.0. The number of phenolic OH excluding ortho intramolecular Hbond substituents is 1. The van der Waals surface area contributed by atoms with Gasteiger partial charge in [0, 0.05) is 43.2 Å². The summed E-state index contributed by atoms with van der Waals surface area (Å²) < 4.78 is 57.7. The van der Waals surface area contributed by atoms with Gasteiger partial charge in [-0.15, -0.1) is 0 Å². The van der Waals surface area contributed by atoms with E-state index < -0.39 is 26.5 Å². The van der Waals surface area contributed by atoms with Gasteiger partial charge in [-0.05, 0) is 43.0 Å². The highest BCUT2D eigenvalue weighted by molar-refractivity contribution is 7.93. The molecule has 13 heteroatoms. The molecule has 3 aromatic rings. The van der Waals surface area contributed by atoms with Crippen LogP contribution in [0.1, 0.15) is 18.4 Å². The summed E-state index contributed by atoms with van der Waals surface area (Å²) in [6, 6.07) is 11.9. The first-order valence-electron chi connectivity index (χ1n) is 11.0. The molecule has 1 aliphatic rings. The van der Waals surface area contributed by atoms with Crippen LogP contribution in [0.3, 0.4) is 0 Å². The number of nitrogens with zero attached hydrogens (tertiary/aromatic N) is 3. The predicted molar refractivity (Wildman–Crippen MR) is 133 cm³/mol. The van der Waals surface area contributed by atoms with Gasteiger partial charge in [-0.2, -0.15) is 0 Å². The molecule has 0 amide bonds. The summed E-state index contributed by atoms with van der Waals surface area (Å²) >= 11 is -2.37. The summed E-state index contributed by atoms with van der Waals surface area (Å²) in [4.78, 5) is 9.08. The molecule has 35 heavy (non-hydrogen) atoms. The molecule has 1 aliphatic heterocycles. The van der Waals surface area contributed by atoms with Crippen molar-refractivity contribution in [3.8, 4) is 5.75 Å². The molecule has 1 saturated heterocycles. The van der Waals surface area contributed by atoms with Crippen LogP contribution in [0.2, 0.25) is 0 Å². The summed E-state index contributed by atoms with van der Waals surface area (Å²) in [7, 11) is -2.30. The van der Waals surface area contributed by atoms with Crippen LogP contribution in [0.4, 0.5) is 17.3 Å².